The van der Waals surface area contributed by atoms with Crippen LogP contribution in [0.1, 0.15) is 17.3 Å². The van der Waals surface area contributed by atoms with E-state index >= 15 is 0 Å². The molecule has 1 amide bonds. The second-order valence-electron chi connectivity index (χ2n) is 5.43. The van der Waals surface area contributed by atoms with Gasteiger partial charge in [-0.3, -0.25) is 9.59 Å². The van der Waals surface area contributed by atoms with E-state index in [4.69, 9.17) is 0 Å². The van der Waals surface area contributed by atoms with Gasteiger partial charge in [-0.05, 0) is 30.5 Å². The van der Waals surface area contributed by atoms with Crippen molar-refractivity contribution in [1.29, 1.82) is 0 Å². The van der Waals surface area contributed by atoms with Crippen LogP contribution in [-0.4, -0.2) is 11.7 Å². The fourth-order valence-electron chi connectivity index (χ4n) is 2.46. The van der Waals surface area contributed by atoms with Crippen LogP contribution in [0.2, 0.25) is 0 Å². The molecule has 0 saturated heterocycles. The number of ketones is 1. The summed E-state index contributed by atoms with van der Waals surface area (Å²) in [6.45, 7) is 1.72. The number of carbonyl (C=O) groups excluding carboxylic acids is 2. The Balaban J connectivity index is 1.73. The minimum Gasteiger partial charge on any atom is -0.321 e. The van der Waals surface area contributed by atoms with E-state index in [1.54, 1.807) is 24.3 Å². The number of hydrogen-bond acceptors (Lipinski definition) is 2. The summed E-state index contributed by atoms with van der Waals surface area (Å²) in [6.07, 6.45) is 3.83. The van der Waals surface area contributed by atoms with Crippen molar-refractivity contribution < 1.29 is 14.2 Å². The zero-order valence-corrected chi connectivity index (χ0v) is 12.8. The zero-order valence-electron chi connectivity index (χ0n) is 12.8. The molecule has 0 bridgehead atoms. The van der Waals surface area contributed by atoms with Crippen molar-refractivity contribution in [1.82, 2.24) is 0 Å². The standard InChI is InChI=1S/C19H16N2O2/c1-14(22)16-7-4-8-18(11-16)20-19(23)13-21-10-9-15-5-2-3-6-17(15)12-21/h2-12H,13H2,1H3/p+1. The van der Waals surface area contributed by atoms with Crippen LogP contribution >= 0.6 is 0 Å². The first-order valence-electron chi connectivity index (χ1n) is 7.40. The fraction of sp³-hybridized carbons (Fsp3) is 0.105. The van der Waals surface area contributed by atoms with Crippen LogP contribution in [0.5, 0.6) is 0 Å². The number of Topliss-reactive ketones (excluding diaryl/α,β-unsaturated/α-hetero) is 1. The molecule has 0 unspecified atom stereocenters. The molecule has 1 N–H and O–H groups in total. The number of fused-ring (bicyclic) bond motifs is 1. The number of benzene rings is 2. The van der Waals surface area contributed by atoms with E-state index in [0.29, 0.717) is 11.3 Å². The molecule has 0 aliphatic heterocycles. The van der Waals surface area contributed by atoms with Gasteiger partial charge in [0.15, 0.2) is 18.2 Å². The Hall–Kier alpha value is -3.01. The summed E-state index contributed by atoms with van der Waals surface area (Å²) in [6, 6.07) is 16.9. The molecule has 2 aromatic carbocycles. The lowest BCUT2D eigenvalue weighted by Crippen LogP contribution is -2.39. The van der Waals surface area contributed by atoms with E-state index in [9.17, 15) is 9.59 Å². The van der Waals surface area contributed by atoms with Gasteiger partial charge in [0.1, 0.15) is 0 Å². The van der Waals surface area contributed by atoms with Gasteiger partial charge in [-0.15, -0.1) is 0 Å². The molecule has 23 heavy (non-hydrogen) atoms. The molecule has 4 heteroatoms. The number of nitrogens with zero attached hydrogens (tertiary/aromatic N) is 1. The molecule has 0 saturated carbocycles. The van der Waals surface area contributed by atoms with Crippen molar-refractivity contribution in [3.63, 3.8) is 0 Å². The van der Waals surface area contributed by atoms with Crippen LogP contribution in [0.25, 0.3) is 10.8 Å². The van der Waals surface area contributed by atoms with Gasteiger partial charge in [-0.1, -0.05) is 30.3 Å². The Kier molecular flexibility index (Phi) is 4.15. The van der Waals surface area contributed by atoms with Gasteiger partial charge in [0, 0.05) is 22.7 Å². The number of rotatable bonds is 4. The predicted molar refractivity (Wildman–Crippen MR) is 89.2 cm³/mol. The third-order valence-electron chi connectivity index (χ3n) is 3.63. The predicted octanol–water partition coefficient (Wildman–Crippen LogP) is 2.97. The minimum absolute atomic E-state index is 0.0231. The maximum absolute atomic E-state index is 12.2. The Morgan fingerprint density at radius 1 is 1.00 bits per heavy atom. The molecule has 3 aromatic rings. The summed E-state index contributed by atoms with van der Waals surface area (Å²) in [5.74, 6) is -0.156. The van der Waals surface area contributed by atoms with Crippen molar-refractivity contribution in [2.75, 3.05) is 5.32 Å². The van der Waals surface area contributed by atoms with Crippen molar-refractivity contribution in [2.45, 2.75) is 13.5 Å². The zero-order chi connectivity index (χ0) is 16.2. The SMILES string of the molecule is CC(=O)c1cccc(NC(=O)C[n+]2ccc3ccccc3c2)c1. The molecule has 0 aliphatic rings. The number of carbonyl (C=O) groups is 2. The lowest BCUT2D eigenvalue weighted by molar-refractivity contribution is -0.682. The van der Waals surface area contributed by atoms with E-state index in [1.807, 2.05) is 47.3 Å². The molecule has 0 fully saturated rings. The van der Waals surface area contributed by atoms with Gasteiger partial charge in [-0.25, -0.2) is 0 Å². The Labute approximate surface area is 134 Å². The third kappa shape index (κ3) is 3.61. The van der Waals surface area contributed by atoms with E-state index in [1.165, 1.54) is 6.92 Å². The van der Waals surface area contributed by atoms with Crippen molar-refractivity contribution in [3.8, 4) is 0 Å². The molecule has 1 aromatic heterocycles. The molecule has 0 atom stereocenters. The highest BCUT2D eigenvalue weighted by Crippen LogP contribution is 2.12. The first-order valence-corrected chi connectivity index (χ1v) is 7.40. The van der Waals surface area contributed by atoms with E-state index < -0.39 is 0 Å². The molecular weight excluding hydrogens is 288 g/mol. The van der Waals surface area contributed by atoms with Gasteiger partial charge in [0.25, 0.3) is 5.91 Å². The third-order valence-corrected chi connectivity index (χ3v) is 3.63. The fourth-order valence-corrected chi connectivity index (χ4v) is 2.46. The van der Waals surface area contributed by atoms with Gasteiger partial charge in [0.05, 0.1) is 0 Å². The van der Waals surface area contributed by atoms with Gasteiger partial charge in [-0.2, -0.15) is 4.57 Å². The molecule has 3 rings (SSSR count). The first-order chi connectivity index (χ1) is 11.1. The van der Waals surface area contributed by atoms with Crippen LogP contribution in [0.15, 0.2) is 67.0 Å². The highest BCUT2D eigenvalue weighted by atomic mass is 16.2. The topological polar surface area (TPSA) is 50.1 Å². The van der Waals surface area contributed by atoms with Crippen LogP contribution in [0, 0.1) is 0 Å². The smallest absolute Gasteiger partial charge is 0.290 e. The molecule has 114 valence electrons. The quantitative estimate of drug-likeness (QED) is 0.595. The van der Waals surface area contributed by atoms with Crippen molar-refractivity contribution >= 4 is 28.2 Å². The Morgan fingerprint density at radius 2 is 1.78 bits per heavy atom. The monoisotopic (exact) mass is 305 g/mol. The van der Waals surface area contributed by atoms with Gasteiger partial charge < -0.3 is 5.32 Å². The maximum atomic E-state index is 12.2. The lowest BCUT2D eigenvalue weighted by atomic mass is 10.1. The number of amides is 1. The van der Waals surface area contributed by atoms with Crippen LogP contribution in [0.3, 0.4) is 0 Å². The van der Waals surface area contributed by atoms with E-state index in [-0.39, 0.29) is 18.2 Å². The number of nitrogens with one attached hydrogen (secondary N) is 1. The highest BCUT2D eigenvalue weighted by Gasteiger charge is 2.11. The van der Waals surface area contributed by atoms with E-state index in [2.05, 4.69) is 5.32 Å². The van der Waals surface area contributed by atoms with Gasteiger partial charge >= 0.3 is 0 Å². The Bertz CT molecular complexity index is 887. The second-order valence-corrected chi connectivity index (χ2v) is 5.43. The van der Waals surface area contributed by atoms with Crippen LogP contribution in [-0.2, 0) is 11.3 Å². The number of anilines is 1. The largest absolute Gasteiger partial charge is 0.321 e. The van der Waals surface area contributed by atoms with Crippen molar-refractivity contribution in [2.24, 2.45) is 0 Å². The number of pyridine rings is 1. The average molecular weight is 305 g/mol. The Morgan fingerprint density at radius 3 is 2.57 bits per heavy atom. The second kappa shape index (κ2) is 6.40. The van der Waals surface area contributed by atoms with Gasteiger partial charge in [0.2, 0.25) is 6.54 Å². The summed E-state index contributed by atoms with van der Waals surface area (Å²) in [7, 11) is 0. The minimum atomic E-state index is -0.133. The molecule has 4 nitrogen and oxygen atoms in total. The molecular formula is C19H17N2O2+. The summed E-state index contributed by atoms with van der Waals surface area (Å²) in [4.78, 5) is 23.6. The lowest BCUT2D eigenvalue weighted by Gasteiger charge is -2.05. The molecule has 1 heterocycles. The summed E-state index contributed by atoms with van der Waals surface area (Å²) >= 11 is 0. The summed E-state index contributed by atoms with van der Waals surface area (Å²) in [5, 5.41) is 5.04. The summed E-state index contributed by atoms with van der Waals surface area (Å²) in [5.41, 5.74) is 1.21. The highest BCUT2D eigenvalue weighted by molar-refractivity contribution is 5.96. The summed E-state index contributed by atoms with van der Waals surface area (Å²) < 4.78 is 1.84. The maximum Gasteiger partial charge on any atom is 0.290 e. The van der Waals surface area contributed by atoms with E-state index in [0.717, 1.165) is 10.8 Å². The van der Waals surface area contributed by atoms with Crippen LogP contribution < -0.4 is 9.88 Å². The first kappa shape index (κ1) is 14.9. The molecule has 0 aliphatic carbocycles. The number of aromatic nitrogens is 1. The average Bonchev–Trinajstić information content (AvgIpc) is 2.55. The van der Waals surface area contributed by atoms with Crippen LogP contribution in [0.4, 0.5) is 5.69 Å². The normalized spacial score (nSPS) is 10.5. The van der Waals surface area contributed by atoms with Crippen molar-refractivity contribution in [3.05, 3.63) is 72.6 Å². The molecule has 0 spiro atoms. The number of hydrogen-bond donors (Lipinski definition) is 1. The molecule has 0 radical (unpaired) electrons.